The predicted molar refractivity (Wildman–Crippen MR) is 140 cm³/mol. The minimum Gasteiger partial charge on any atom is -0.432 e. The number of halogens is 2. The molecule has 37 heavy (non-hydrogen) atoms. The summed E-state index contributed by atoms with van der Waals surface area (Å²) >= 11 is 1.41. The lowest BCUT2D eigenvalue weighted by molar-refractivity contribution is -0.133. The van der Waals surface area contributed by atoms with E-state index in [0.29, 0.717) is 42.2 Å². The molecule has 2 aliphatic heterocycles. The number of rotatable bonds is 10. The van der Waals surface area contributed by atoms with Crippen LogP contribution < -0.4 is 15.4 Å². The van der Waals surface area contributed by atoms with E-state index in [1.165, 1.54) is 23.7 Å². The van der Waals surface area contributed by atoms with Crippen molar-refractivity contribution in [3.05, 3.63) is 30.6 Å². The summed E-state index contributed by atoms with van der Waals surface area (Å²) in [5.41, 5.74) is 0.908. The van der Waals surface area contributed by atoms with Crippen molar-refractivity contribution in [2.45, 2.75) is 31.3 Å². The fourth-order valence-corrected chi connectivity index (χ4v) is 6.80. The van der Waals surface area contributed by atoms with Gasteiger partial charge in [-0.25, -0.2) is 23.4 Å². The van der Waals surface area contributed by atoms with Crippen LogP contribution in [0.25, 0.3) is 10.2 Å². The van der Waals surface area contributed by atoms with E-state index < -0.39 is 16.6 Å². The van der Waals surface area contributed by atoms with Crippen LogP contribution in [0.5, 0.6) is 5.75 Å². The Bertz CT molecular complexity index is 1340. The van der Waals surface area contributed by atoms with Crippen molar-refractivity contribution in [1.29, 1.82) is 0 Å². The summed E-state index contributed by atoms with van der Waals surface area (Å²) in [5.74, 6) is 0.370. The van der Waals surface area contributed by atoms with Crippen LogP contribution in [0.1, 0.15) is 22.6 Å². The van der Waals surface area contributed by atoms with Gasteiger partial charge in [0.1, 0.15) is 0 Å². The maximum atomic E-state index is 13.2. The third-order valence-corrected chi connectivity index (χ3v) is 9.53. The highest BCUT2D eigenvalue weighted by molar-refractivity contribution is 7.89. The Morgan fingerprint density at radius 1 is 1.19 bits per heavy atom. The first kappa shape index (κ1) is 25.9. The fraction of sp³-hybridized carbons (Fsp3) is 0.522. The molecule has 1 unspecified atom stereocenters. The van der Waals surface area contributed by atoms with Crippen molar-refractivity contribution in [3.8, 4) is 5.75 Å². The van der Waals surface area contributed by atoms with Crippen molar-refractivity contribution in [3.63, 3.8) is 0 Å². The highest BCUT2D eigenvalue weighted by atomic mass is 32.2. The molecule has 2 fully saturated rings. The molecule has 0 saturated carbocycles. The molecular weight excluding hydrogens is 526 g/mol. The van der Waals surface area contributed by atoms with E-state index in [4.69, 9.17) is 4.74 Å². The van der Waals surface area contributed by atoms with E-state index in [1.54, 1.807) is 22.5 Å². The quantitative estimate of drug-likeness (QED) is 0.378. The molecule has 0 radical (unpaired) electrons. The molecule has 1 aromatic carbocycles. The minimum absolute atomic E-state index is 0. The van der Waals surface area contributed by atoms with Gasteiger partial charge in [0.25, 0.3) is 0 Å². The zero-order valence-corrected chi connectivity index (χ0v) is 21.8. The van der Waals surface area contributed by atoms with Gasteiger partial charge in [0.2, 0.25) is 16.0 Å². The molecule has 2 N–H and O–H groups in total. The maximum absolute atomic E-state index is 13.2. The van der Waals surface area contributed by atoms with Crippen LogP contribution in [0.3, 0.4) is 0 Å². The van der Waals surface area contributed by atoms with Gasteiger partial charge in [-0.05, 0) is 37.0 Å². The Morgan fingerprint density at radius 3 is 2.54 bits per heavy atom. The summed E-state index contributed by atoms with van der Waals surface area (Å²) in [7, 11) is -3.56. The number of thiazole rings is 1. The van der Waals surface area contributed by atoms with E-state index in [2.05, 4.69) is 30.3 Å². The number of benzene rings is 1. The van der Waals surface area contributed by atoms with E-state index in [1.807, 2.05) is 6.92 Å². The van der Waals surface area contributed by atoms with Crippen LogP contribution in [-0.2, 0) is 14.8 Å². The number of aromatic nitrogens is 3. The summed E-state index contributed by atoms with van der Waals surface area (Å²) < 4.78 is 62.9. The molecule has 0 aliphatic carbocycles. The molecule has 1 spiro atoms. The van der Waals surface area contributed by atoms with Gasteiger partial charge < -0.3 is 20.1 Å². The number of piperidine rings is 1. The fourth-order valence-electron chi connectivity index (χ4n) is 4.34. The van der Waals surface area contributed by atoms with Gasteiger partial charge >= 0.3 is 6.61 Å². The first-order valence-electron chi connectivity index (χ1n) is 12.0. The summed E-state index contributed by atoms with van der Waals surface area (Å²) in [6, 6.07) is 5.08. The van der Waals surface area contributed by atoms with E-state index in [-0.39, 0.29) is 19.9 Å². The van der Waals surface area contributed by atoms with Crippen molar-refractivity contribution in [2.24, 2.45) is 11.3 Å². The average molecular weight is 559 g/mol. The number of nitrogens with one attached hydrogen (secondary N) is 2. The summed E-state index contributed by atoms with van der Waals surface area (Å²) in [6.07, 6.45) is 4.04. The van der Waals surface area contributed by atoms with Crippen LogP contribution in [0.2, 0.25) is 0 Å². The topological polar surface area (TPSA) is 119 Å². The first-order chi connectivity index (χ1) is 17.7. The SMILES string of the molecule is CC(CNc1ncc(OC(F)F)cn1)CNc1nc2ccc(S(=O)(=O)N3CCC4(CC3)COC4)cc2s1.[HH].[HH]. The Hall–Kier alpha value is -2.68. The van der Waals surface area contributed by atoms with E-state index in [0.717, 1.165) is 36.3 Å². The standard InChI is InChI=1S/C23H28F2N6O4S2.2H2/c1-15(9-26-21-27-11-16(12-28-21)35-20(24)25)10-29-22-30-18-3-2-17(8-19(18)36-22)37(32,33)31-6-4-23(5-7-31)13-34-14-23;;/h2-3,8,11-12,15,20H,4-7,9-10,13-14H2,1H3,(H,29,30)(H,26,27,28);2*1H. The second-order valence-electron chi connectivity index (χ2n) is 9.53. The third-order valence-electron chi connectivity index (χ3n) is 6.66. The van der Waals surface area contributed by atoms with E-state index in [9.17, 15) is 17.2 Å². The summed E-state index contributed by atoms with van der Waals surface area (Å²) in [6.45, 7) is 2.74. The highest BCUT2D eigenvalue weighted by Gasteiger charge is 2.43. The average Bonchev–Trinajstić information content (AvgIpc) is 3.28. The van der Waals surface area contributed by atoms with Gasteiger partial charge in [-0.3, -0.25) is 0 Å². The van der Waals surface area contributed by atoms with Crippen LogP contribution in [0, 0.1) is 11.3 Å². The van der Waals surface area contributed by atoms with Gasteiger partial charge in [0.05, 0.1) is 40.7 Å². The normalized spacial score (nSPS) is 18.6. The van der Waals surface area contributed by atoms with Crippen molar-refractivity contribution in [1.82, 2.24) is 19.3 Å². The predicted octanol–water partition coefficient (Wildman–Crippen LogP) is 4.14. The minimum atomic E-state index is -3.56. The van der Waals surface area contributed by atoms with Crippen molar-refractivity contribution in [2.75, 3.05) is 50.0 Å². The Morgan fingerprint density at radius 2 is 1.89 bits per heavy atom. The largest absolute Gasteiger partial charge is 0.432 e. The third kappa shape index (κ3) is 5.92. The molecular formula is C23H32F2N6O4S2. The number of alkyl halides is 2. The highest BCUT2D eigenvalue weighted by Crippen LogP contribution is 2.40. The Kier molecular flexibility index (Phi) is 7.43. The Labute approximate surface area is 220 Å². The van der Waals surface area contributed by atoms with Crippen LogP contribution in [0.4, 0.5) is 19.9 Å². The van der Waals surface area contributed by atoms with E-state index >= 15 is 0 Å². The molecule has 0 amide bonds. The molecule has 0 bridgehead atoms. The number of anilines is 2. The van der Waals surface area contributed by atoms with Crippen molar-refractivity contribution >= 4 is 42.7 Å². The lowest BCUT2D eigenvalue weighted by atomic mass is 9.77. The molecule has 2 aromatic heterocycles. The monoisotopic (exact) mass is 558 g/mol. The zero-order valence-electron chi connectivity index (χ0n) is 20.2. The van der Waals surface area contributed by atoms with Crippen LogP contribution >= 0.6 is 11.3 Å². The molecule has 10 nitrogen and oxygen atoms in total. The first-order valence-corrected chi connectivity index (χ1v) is 14.2. The molecule has 14 heteroatoms. The molecule has 1 atom stereocenters. The Balaban J connectivity index is 0.00000210. The molecule has 2 saturated heterocycles. The zero-order chi connectivity index (χ0) is 26.0. The number of hydrogen-bond acceptors (Lipinski definition) is 10. The molecule has 204 valence electrons. The molecule has 2 aliphatic rings. The molecule has 4 heterocycles. The number of nitrogens with zero attached hydrogens (tertiary/aromatic N) is 4. The smallest absolute Gasteiger partial charge is 0.387 e. The number of ether oxygens (including phenoxy) is 2. The number of fused-ring (bicyclic) bond motifs is 1. The van der Waals surface area contributed by atoms with Gasteiger partial charge in [-0.2, -0.15) is 13.1 Å². The van der Waals surface area contributed by atoms with Gasteiger partial charge in [-0.15, -0.1) is 0 Å². The van der Waals surface area contributed by atoms with Gasteiger partial charge in [0.15, 0.2) is 10.9 Å². The van der Waals surface area contributed by atoms with Crippen LogP contribution in [0.15, 0.2) is 35.5 Å². The molecule has 5 rings (SSSR count). The number of sulfonamides is 1. The second kappa shape index (κ2) is 10.6. The lowest BCUT2D eigenvalue weighted by Crippen LogP contribution is -2.51. The van der Waals surface area contributed by atoms with Gasteiger partial charge in [-0.1, -0.05) is 18.3 Å². The van der Waals surface area contributed by atoms with Gasteiger partial charge in [0, 0.05) is 34.4 Å². The molecule has 3 aromatic rings. The summed E-state index contributed by atoms with van der Waals surface area (Å²) in [4.78, 5) is 12.8. The van der Waals surface area contributed by atoms with Crippen molar-refractivity contribution < 1.29 is 29.5 Å². The second-order valence-corrected chi connectivity index (χ2v) is 12.5. The lowest BCUT2D eigenvalue weighted by Gasteiger charge is -2.46. The summed E-state index contributed by atoms with van der Waals surface area (Å²) in [5, 5.41) is 7.05. The van der Waals surface area contributed by atoms with Crippen LogP contribution in [-0.4, -0.2) is 73.7 Å². The maximum Gasteiger partial charge on any atom is 0.387 e. The number of hydrogen-bond donors (Lipinski definition) is 2.